The molecule has 2 heterocycles. The van der Waals surface area contributed by atoms with E-state index in [1.165, 1.54) is 31.7 Å². The number of nitrogens with zero attached hydrogens (tertiary/aromatic N) is 2. The predicted molar refractivity (Wildman–Crippen MR) is 78.4 cm³/mol. The number of aliphatic hydroxyl groups is 1. The van der Waals surface area contributed by atoms with Crippen LogP contribution in [0.15, 0.2) is 18.5 Å². The molecule has 1 aliphatic carbocycles. The Morgan fingerprint density at radius 3 is 2.67 bits per heavy atom. The number of carbonyl (C=O) groups excluding carboxylic acids is 1. The van der Waals surface area contributed by atoms with Crippen LogP contribution in [0.5, 0.6) is 0 Å². The molecule has 0 atom stereocenters. The van der Waals surface area contributed by atoms with Gasteiger partial charge in [-0.3, -0.25) is 9.78 Å². The fourth-order valence-electron chi connectivity index (χ4n) is 2.39. The molecule has 0 saturated heterocycles. The SMILES string of the molecule is N#Cc1ccnc2c(C(N)=O)c[nH]c12.OC1CCCCC1. The number of nitrogens with two attached hydrogens (primary N) is 1. The summed E-state index contributed by atoms with van der Waals surface area (Å²) in [5, 5.41) is 17.7. The molecule has 1 aliphatic rings. The van der Waals surface area contributed by atoms with Crippen molar-refractivity contribution in [2.24, 2.45) is 5.73 Å². The number of hydrogen-bond donors (Lipinski definition) is 3. The normalized spacial score (nSPS) is 15.0. The van der Waals surface area contributed by atoms with Gasteiger partial charge in [0, 0.05) is 12.4 Å². The van der Waals surface area contributed by atoms with Crippen molar-refractivity contribution in [1.82, 2.24) is 9.97 Å². The number of rotatable bonds is 1. The van der Waals surface area contributed by atoms with Crippen molar-refractivity contribution in [3.8, 4) is 6.07 Å². The molecule has 0 bridgehead atoms. The zero-order chi connectivity index (χ0) is 15.2. The van der Waals surface area contributed by atoms with Gasteiger partial charge in [0.15, 0.2) is 0 Å². The number of hydrogen-bond acceptors (Lipinski definition) is 4. The van der Waals surface area contributed by atoms with Crippen LogP contribution in [-0.4, -0.2) is 27.1 Å². The topological polar surface area (TPSA) is 116 Å². The molecule has 1 saturated carbocycles. The fourth-order valence-corrected chi connectivity index (χ4v) is 2.39. The second-order valence-electron chi connectivity index (χ2n) is 5.05. The minimum Gasteiger partial charge on any atom is -0.393 e. The van der Waals surface area contributed by atoms with E-state index in [9.17, 15) is 4.79 Å². The number of primary amides is 1. The maximum Gasteiger partial charge on any atom is 0.252 e. The average Bonchev–Trinajstić information content (AvgIpc) is 2.92. The van der Waals surface area contributed by atoms with Crippen molar-refractivity contribution in [1.29, 1.82) is 5.26 Å². The lowest BCUT2D eigenvalue weighted by Gasteiger charge is -2.14. The van der Waals surface area contributed by atoms with Gasteiger partial charge in [-0.25, -0.2) is 0 Å². The van der Waals surface area contributed by atoms with Crippen LogP contribution >= 0.6 is 0 Å². The smallest absolute Gasteiger partial charge is 0.252 e. The Bertz CT molecular complexity index is 666. The molecule has 0 radical (unpaired) electrons. The summed E-state index contributed by atoms with van der Waals surface area (Å²) in [5.74, 6) is -0.557. The first-order chi connectivity index (χ1) is 10.1. The molecule has 0 aliphatic heterocycles. The lowest BCUT2D eigenvalue weighted by atomic mass is 9.98. The molecule has 0 spiro atoms. The third kappa shape index (κ3) is 3.58. The van der Waals surface area contributed by atoms with Crippen LogP contribution in [0.1, 0.15) is 48.0 Å². The van der Waals surface area contributed by atoms with Crippen LogP contribution in [0.25, 0.3) is 11.0 Å². The first-order valence-electron chi connectivity index (χ1n) is 6.97. The van der Waals surface area contributed by atoms with Gasteiger partial charge < -0.3 is 15.8 Å². The molecule has 2 aromatic heterocycles. The second kappa shape index (κ2) is 6.86. The van der Waals surface area contributed by atoms with Gasteiger partial charge in [-0.2, -0.15) is 5.26 Å². The molecule has 3 rings (SSSR count). The van der Waals surface area contributed by atoms with Crippen LogP contribution in [0, 0.1) is 11.3 Å². The Balaban J connectivity index is 0.000000194. The van der Waals surface area contributed by atoms with Crippen LogP contribution in [0.4, 0.5) is 0 Å². The zero-order valence-corrected chi connectivity index (χ0v) is 11.7. The van der Waals surface area contributed by atoms with Crippen LogP contribution in [-0.2, 0) is 0 Å². The highest BCUT2D eigenvalue weighted by Gasteiger charge is 2.11. The highest BCUT2D eigenvalue weighted by atomic mass is 16.3. The fraction of sp³-hybridized carbons (Fsp3) is 0.400. The minimum absolute atomic E-state index is 0.0359. The van der Waals surface area contributed by atoms with E-state index in [1.54, 1.807) is 6.07 Å². The van der Waals surface area contributed by atoms with Crippen molar-refractivity contribution in [3.05, 3.63) is 29.6 Å². The average molecular weight is 286 g/mol. The van der Waals surface area contributed by atoms with Crippen LogP contribution in [0.2, 0.25) is 0 Å². The summed E-state index contributed by atoms with van der Waals surface area (Å²) >= 11 is 0. The van der Waals surface area contributed by atoms with Gasteiger partial charge in [0.25, 0.3) is 5.91 Å². The molecule has 1 amide bonds. The van der Waals surface area contributed by atoms with E-state index in [4.69, 9.17) is 16.1 Å². The van der Waals surface area contributed by atoms with Crippen molar-refractivity contribution in [2.75, 3.05) is 0 Å². The van der Waals surface area contributed by atoms with Gasteiger partial charge in [-0.1, -0.05) is 19.3 Å². The molecule has 4 N–H and O–H groups in total. The minimum atomic E-state index is -0.557. The number of carbonyl (C=O) groups is 1. The van der Waals surface area contributed by atoms with E-state index in [0.717, 1.165) is 12.8 Å². The number of aromatic amines is 1. The third-order valence-electron chi connectivity index (χ3n) is 3.53. The molecule has 6 heteroatoms. The molecule has 2 aromatic rings. The molecule has 1 fully saturated rings. The summed E-state index contributed by atoms with van der Waals surface area (Å²) in [4.78, 5) is 17.7. The van der Waals surface area contributed by atoms with Crippen LogP contribution in [0.3, 0.4) is 0 Å². The molecule has 21 heavy (non-hydrogen) atoms. The third-order valence-corrected chi connectivity index (χ3v) is 3.53. The summed E-state index contributed by atoms with van der Waals surface area (Å²) in [6.07, 6.45) is 8.86. The van der Waals surface area contributed by atoms with Crippen molar-refractivity contribution in [2.45, 2.75) is 38.2 Å². The molecule has 0 aromatic carbocycles. The molecule has 6 nitrogen and oxygen atoms in total. The molecule has 110 valence electrons. The number of amides is 1. The number of pyridine rings is 1. The van der Waals surface area contributed by atoms with Gasteiger partial charge in [0.2, 0.25) is 0 Å². The van der Waals surface area contributed by atoms with Gasteiger partial charge in [0.1, 0.15) is 11.6 Å². The molecular formula is C15H18N4O2. The molecule has 0 unspecified atom stereocenters. The van der Waals surface area contributed by atoms with E-state index in [-0.39, 0.29) is 6.10 Å². The quantitative estimate of drug-likeness (QED) is 0.741. The largest absolute Gasteiger partial charge is 0.393 e. The number of nitrogens with one attached hydrogen (secondary N) is 1. The highest BCUT2D eigenvalue weighted by molar-refractivity contribution is 6.05. The summed E-state index contributed by atoms with van der Waals surface area (Å²) in [6.45, 7) is 0. The maximum absolute atomic E-state index is 11.0. The first-order valence-corrected chi connectivity index (χ1v) is 6.97. The zero-order valence-electron chi connectivity index (χ0n) is 11.7. The number of aliphatic hydroxyl groups excluding tert-OH is 1. The van der Waals surface area contributed by atoms with Crippen molar-refractivity contribution >= 4 is 16.9 Å². The number of aromatic nitrogens is 2. The summed E-state index contributed by atoms with van der Waals surface area (Å²) < 4.78 is 0. The van der Waals surface area contributed by atoms with Gasteiger partial charge >= 0.3 is 0 Å². The van der Waals surface area contributed by atoms with Crippen molar-refractivity contribution in [3.63, 3.8) is 0 Å². The Labute approximate surface area is 122 Å². The Morgan fingerprint density at radius 2 is 2.14 bits per heavy atom. The highest BCUT2D eigenvalue weighted by Crippen LogP contribution is 2.18. The Morgan fingerprint density at radius 1 is 1.43 bits per heavy atom. The van der Waals surface area contributed by atoms with E-state index in [0.29, 0.717) is 22.2 Å². The first kappa shape index (κ1) is 15.0. The van der Waals surface area contributed by atoms with Crippen LogP contribution < -0.4 is 5.73 Å². The number of H-pyrrole nitrogens is 1. The van der Waals surface area contributed by atoms with Gasteiger partial charge in [0.05, 0.1) is 22.7 Å². The lowest BCUT2D eigenvalue weighted by molar-refractivity contribution is 0.100. The Hall–Kier alpha value is -2.39. The van der Waals surface area contributed by atoms with Crippen molar-refractivity contribution < 1.29 is 9.90 Å². The summed E-state index contributed by atoms with van der Waals surface area (Å²) in [5.41, 5.74) is 6.87. The van der Waals surface area contributed by atoms with E-state index in [1.807, 2.05) is 6.07 Å². The van der Waals surface area contributed by atoms with E-state index >= 15 is 0 Å². The lowest BCUT2D eigenvalue weighted by Crippen LogP contribution is -2.10. The number of fused-ring (bicyclic) bond motifs is 1. The summed E-state index contributed by atoms with van der Waals surface area (Å²) in [7, 11) is 0. The maximum atomic E-state index is 11.0. The van der Waals surface area contributed by atoms with E-state index in [2.05, 4.69) is 9.97 Å². The second-order valence-corrected chi connectivity index (χ2v) is 5.05. The van der Waals surface area contributed by atoms with Gasteiger partial charge in [-0.15, -0.1) is 0 Å². The Kier molecular flexibility index (Phi) is 4.90. The van der Waals surface area contributed by atoms with E-state index < -0.39 is 5.91 Å². The standard InChI is InChI=1S/C9H6N4O.C6H12O/c10-3-5-1-2-12-8-6(9(11)14)4-13-7(5)8;7-6-4-2-1-3-5-6/h1-2,4,13H,(H2,11,14);6-7H,1-5H2. The predicted octanol–water partition coefficient (Wildman–Crippen LogP) is 1.84. The monoisotopic (exact) mass is 286 g/mol. The summed E-state index contributed by atoms with van der Waals surface area (Å²) in [6, 6.07) is 3.57. The molecular weight excluding hydrogens is 268 g/mol. The number of nitriles is 1. The van der Waals surface area contributed by atoms with Gasteiger partial charge in [-0.05, 0) is 18.9 Å².